The second-order valence-corrected chi connectivity index (χ2v) is 7.25. The molecule has 7 nitrogen and oxygen atoms in total. The van der Waals surface area contributed by atoms with Gasteiger partial charge in [0.2, 0.25) is 5.91 Å². The molecule has 0 aromatic carbocycles. The first-order valence-corrected chi connectivity index (χ1v) is 9.99. The molecule has 0 spiro atoms. The number of likely N-dealkylation sites (tertiary alicyclic amines) is 1. The Labute approximate surface area is 160 Å². The van der Waals surface area contributed by atoms with Crippen LogP contribution in [-0.4, -0.2) is 66.1 Å². The van der Waals surface area contributed by atoms with Gasteiger partial charge in [0.05, 0.1) is 6.04 Å². The minimum Gasteiger partial charge on any atom is -0.381 e. The summed E-state index contributed by atoms with van der Waals surface area (Å²) in [5.74, 6) is -0.0431. The van der Waals surface area contributed by atoms with Crippen molar-refractivity contribution in [3.8, 4) is 0 Å². The molecule has 0 aliphatic carbocycles. The number of nitrogens with zero attached hydrogens (tertiary/aromatic N) is 2. The maximum absolute atomic E-state index is 12.7. The van der Waals surface area contributed by atoms with Gasteiger partial charge in [0, 0.05) is 55.8 Å². The first-order valence-electron chi connectivity index (χ1n) is 9.99. The van der Waals surface area contributed by atoms with Gasteiger partial charge in [-0.05, 0) is 44.7 Å². The molecule has 0 saturated carbocycles. The average Bonchev–Trinajstić information content (AvgIpc) is 3.13. The predicted molar refractivity (Wildman–Crippen MR) is 103 cm³/mol. The Bertz CT molecular complexity index is 660. The zero-order chi connectivity index (χ0) is 19.2. The van der Waals surface area contributed by atoms with Gasteiger partial charge in [-0.3, -0.25) is 19.5 Å². The van der Waals surface area contributed by atoms with E-state index >= 15 is 0 Å². The van der Waals surface area contributed by atoms with Crippen LogP contribution in [0.25, 0.3) is 0 Å². The quantitative estimate of drug-likeness (QED) is 0.780. The summed E-state index contributed by atoms with van der Waals surface area (Å²) in [5.41, 5.74) is 1.53. The van der Waals surface area contributed by atoms with Crippen molar-refractivity contribution in [3.05, 3.63) is 29.6 Å². The van der Waals surface area contributed by atoms with Crippen LogP contribution in [0, 0.1) is 0 Å². The lowest BCUT2D eigenvalue weighted by atomic mass is 10.1. The minimum atomic E-state index is -0.193. The van der Waals surface area contributed by atoms with E-state index in [0.29, 0.717) is 31.1 Å². The van der Waals surface area contributed by atoms with Crippen LogP contribution in [-0.2, 0) is 16.0 Å². The molecule has 0 bridgehead atoms. The SMILES string of the molecule is CCNC(=O)[C@@H]1C[C@H](NC(=O)c2ccnc(CC)c2)CN1C1CCOCC1. The summed E-state index contributed by atoms with van der Waals surface area (Å²) in [4.78, 5) is 31.8. The lowest BCUT2D eigenvalue weighted by Gasteiger charge is -2.34. The maximum atomic E-state index is 12.7. The molecule has 2 aliphatic rings. The molecule has 27 heavy (non-hydrogen) atoms. The second kappa shape index (κ2) is 9.28. The third-order valence-electron chi connectivity index (χ3n) is 5.43. The van der Waals surface area contributed by atoms with Crippen LogP contribution in [0.1, 0.15) is 49.2 Å². The molecule has 3 rings (SSSR count). The monoisotopic (exact) mass is 374 g/mol. The van der Waals surface area contributed by atoms with Gasteiger partial charge in [0.25, 0.3) is 5.91 Å². The highest BCUT2D eigenvalue weighted by molar-refractivity contribution is 5.94. The lowest BCUT2D eigenvalue weighted by Crippen LogP contribution is -2.49. The fourth-order valence-electron chi connectivity index (χ4n) is 4.02. The molecule has 2 amide bonds. The fourth-order valence-corrected chi connectivity index (χ4v) is 4.02. The highest BCUT2D eigenvalue weighted by Gasteiger charge is 2.41. The van der Waals surface area contributed by atoms with Gasteiger partial charge in [0.15, 0.2) is 0 Å². The van der Waals surface area contributed by atoms with Gasteiger partial charge in [-0.1, -0.05) is 6.92 Å². The summed E-state index contributed by atoms with van der Waals surface area (Å²) in [6.07, 6.45) is 4.97. The Morgan fingerprint density at radius 3 is 2.78 bits per heavy atom. The van der Waals surface area contributed by atoms with Crippen molar-refractivity contribution in [2.75, 3.05) is 26.3 Å². The number of hydrogen-bond donors (Lipinski definition) is 2. The van der Waals surface area contributed by atoms with Crippen molar-refractivity contribution in [2.45, 2.75) is 57.7 Å². The Morgan fingerprint density at radius 2 is 2.07 bits per heavy atom. The fraction of sp³-hybridized carbons (Fsp3) is 0.650. The molecule has 2 N–H and O–H groups in total. The first-order chi connectivity index (χ1) is 13.1. The largest absolute Gasteiger partial charge is 0.381 e. The van der Waals surface area contributed by atoms with Crippen LogP contribution >= 0.6 is 0 Å². The van der Waals surface area contributed by atoms with Gasteiger partial charge in [-0.2, -0.15) is 0 Å². The summed E-state index contributed by atoms with van der Waals surface area (Å²) in [6.45, 7) is 6.73. The molecule has 7 heteroatoms. The number of carbonyl (C=O) groups is 2. The van der Waals surface area contributed by atoms with E-state index in [-0.39, 0.29) is 23.9 Å². The number of rotatable bonds is 6. The minimum absolute atomic E-state index is 0.0359. The van der Waals surface area contributed by atoms with Gasteiger partial charge >= 0.3 is 0 Å². The third kappa shape index (κ3) is 4.84. The van der Waals surface area contributed by atoms with Crippen molar-refractivity contribution in [1.82, 2.24) is 20.5 Å². The molecule has 0 radical (unpaired) electrons. The van der Waals surface area contributed by atoms with E-state index in [2.05, 4.69) is 20.5 Å². The van der Waals surface area contributed by atoms with E-state index in [4.69, 9.17) is 4.74 Å². The molecule has 1 aromatic heterocycles. The van der Waals surface area contributed by atoms with E-state index in [0.717, 1.165) is 38.2 Å². The van der Waals surface area contributed by atoms with Crippen molar-refractivity contribution in [2.24, 2.45) is 0 Å². The number of nitrogens with one attached hydrogen (secondary N) is 2. The van der Waals surface area contributed by atoms with Crippen molar-refractivity contribution < 1.29 is 14.3 Å². The number of likely N-dealkylation sites (N-methyl/N-ethyl adjacent to an activating group) is 1. The number of aryl methyl sites for hydroxylation is 1. The summed E-state index contributed by atoms with van der Waals surface area (Å²) in [5, 5.41) is 6.07. The van der Waals surface area contributed by atoms with Gasteiger partial charge < -0.3 is 15.4 Å². The smallest absolute Gasteiger partial charge is 0.251 e. The number of ether oxygens (including phenoxy) is 1. The number of amides is 2. The topological polar surface area (TPSA) is 83.6 Å². The highest BCUT2D eigenvalue weighted by Crippen LogP contribution is 2.26. The van der Waals surface area contributed by atoms with E-state index in [1.54, 1.807) is 12.3 Å². The molecule has 2 aliphatic heterocycles. The third-order valence-corrected chi connectivity index (χ3v) is 5.43. The van der Waals surface area contributed by atoms with Crippen LogP contribution < -0.4 is 10.6 Å². The zero-order valence-corrected chi connectivity index (χ0v) is 16.2. The van der Waals surface area contributed by atoms with E-state index in [1.807, 2.05) is 19.9 Å². The number of aromatic nitrogens is 1. The van der Waals surface area contributed by atoms with Gasteiger partial charge in [-0.25, -0.2) is 0 Å². The summed E-state index contributed by atoms with van der Waals surface area (Å²) in [6, 6.07) is 3.68. The standard InChI is InChI=1S/C20H30N4O3/c1-3-15-11-14(5-8-22-15)19(25)23-16-12-18(20(26)21-4-2)24(13-16)17-6-9-27-10-7-17/h5,8,11,16-18H,3-4,6-7,9-10,12-13H2,1-2H3,(H,21,26)(H,23,25)/t16-,18-/m0/s1. The summed E-state index contributed by atoms with van der Waals surface area (Å²) in [7, 11) is 0. The van der Waals surface area contributed by atoms with E-state index in [9.17, 15) is 9.59 Å². The summed E-state index contributed by atoms with van der Waals surface area (Å²) >= 11 is 0. The lowest BCUT2D eigenvalue weighted by molar-refractivity contribution is -0.126. The van der Waals surface area contributed by atoms with Crippen molar-refractivity contribution >= 4 is 11.8 Å². The molecular weight excluding hydrogens is 344 g/mol. The van der Waals surface area contributed by atoms with Crippen molar-refractivity contribution in [3.63, 3.8) is 0 Å². The Morgan fingerprint density at radius 1 is 1.30 bits per heavy atom. The molecule has 148 valence electrons. The van der Waals surface area contributed by atoms with Gasteiger partial charge in [-0.15, -0.1) is 0 Å². The van der Waals surface area contributed by atoms with Crippen LogP contribution in [0.5, 0.6) is 0 Å². The molecule has 2 saturated heterocycles. The maximum Gasteiger partial charge on any atom is 0.251 e. The molecule has 3 heterocycles. The first kappa shape index (κ1) is 19.8. The zero-order valence-electron chi connectivity index (χ0n) is 16.2. The van der Waals surface area contributed by atoms with E-state index < -0.39 is 0 Å². The highest BCUT2D eigenvalue weighted by atomic mass is 16.5. The molecule has 1 aromatic rings. The molecule has 2 fully saturated rings. The average molecular weight is 374 g/mol. The van der Waals surface area contributed by atoms with Crippen LogP contribution in [0.15, 0.2) is 18.3 Å². The van der Waals surface area contributed by atoms with Crippen LogP contribution in [0.4, 0.5) is 0 Å². The van der Waals surface area contributed by atoms with Crippen molar-refractivity contribution in [1.29, 1.82) is 0 Å². The predicted octanol–water partition coefficient (Wildman–Crippen LogP) is 1.13. The number of hydrogen-bond acceptors (Lipinski definition) is 5. The van der Waals surface area contributed by atoms with Gasteiger partial charge in [0.1, 0.15) is 0 Å². The number of pyridine rings is 1. The molecule has 2 atom stereocenters. The van der Waals surface area contributed by atoms with Crippen LogP contribution in [0.2, 0.25) is 0 Å². The van der Waals surface area contributed by atoms with E-state index in [1.165, 1.54) is 0 Å². The normalized spacial score (nSPS) is 23.9. The molecular formula is C20H30N4O3. The number of carbonyl (C=O) groups excluding carboxylic acids is 2. The Kier molecular flexibility index (Phi) is 6.79. The Hall–Kier alpha value is -1.99. The Balaban J connectivity index is 1.68. The van der Waals surface area contributed by atoms with Crippen LogP contribution in [0.3, 0.4) is 0 Å². The second-order valence-electron chi connectivity index (χ2n) is 7.25. The molecule has 0 unspecified atom stereocenters. The summed E-state index contributed by atoms with van der Waals surface area (Å²) < 4.78 is 5.47.